The van der Waals surface area contributed by atoms with Crippen molar-refractivity contribution in [2.75, 3.05) is 31.6 Å². The van der Waals surface area contributed by atoms with Crippen LogP contribution in [-0.4, -0.2) is 32.7 Å². The lowest BCUT2D eigenvalue weighted by Gasteiger charge is -2.22. The summed E-state index contributed by atoms with van der Waals surface area (Å²) in [5.41, 5.74) is 6.39. The molecule has 0 unspecified atom stereocenters. The van der Waals surface area contributed by atoms with E-state index < -0.39 is 5.97 Å². The fourth-order valence-electron chi connectivity index (χ4n) is 4.52. The van der Waals surface area contributed by atoms with Crippen molar-refractivity contribution in [1.29, 1.82) is 0 Å². The highest BCUT2D eigenvalue weighted by Crippen LogP contribution is 2.42. The van der Waals surface area contributed by atoms with Crippen LogP contribution in [0, 0.1) is 0 Å². The Balaban J connectivity index is 0.00000380. The summed E-state index contributed by atoms with van der Waals surface area (Å²) in [6, 6.07) is 20.9. The molecule has 2 aliphatic rings. The Kier molecular flexibility index (Phi) is 9.33. The minimum Gasteiger partial charge on any atom is -1.00 e. The van der Waals surface area contributed by atoms with E-state index in [9.17, 15) is 4.79 Å². The molecule has 0 radical (unpaired) electrons. The van der Waals surface area contributed by atoms with Gasteiger partial charge in [-0.25, -0.2) is 9.37 Å². The highest BCUT2D eigenvalue weighted by Gasteiger charge is 2.21. The number of anilines is 1. The zero-order chi connectivity index (χ0) is 25.8. The van der Waals surface area contributed by atoms with E-state index in [1.807, 2.05) is 18.2 Å². The second kappa shape index (κ2) is 12.2. The summed E-state index contributed by atoms with van der Waals surface area (Å²) in [5, 5.41) is 2.12. The molecule has 2 aromatic carbocycles. The Morgan fingerprint density at radius 3 is 2.41 bits per heavy atom. The van der Waals surface area contributed by atoms with Gasteiger partial charge in [0.05, 0.1) is 6.07 Å². The van der Waals surface area contributed by atoms with Crippen LogP contribution in [0.2, 0.25) is 0 Å². The van der Waals surface area contributed by atoms with Crippen molar-refractivity contribution in [2.45, 2.75) is 34.3 Å². The monoisotopic (exact) mass is 562 g/mol. The molecule has 6 heteroatoms. The second-order valence-corrected chi connectivity index (χ2v) is 9.04. The van der Waals surface area contributed by atoms with Crippen LogP contribution in [0.1, 0.15) is 33.3 Å². The SMILES string of the molecule is C=C(C)C(=O)OCc1ccccc1-c1c2ccc(=[N+](C)CC)cc-2oc2cc(N(CC)CC)ccc12.[Br-]. The summed E-state index contributed by atoms with van der Waals surface area (Å²) >= 11 is 0. The third kappa shape index (κ3) is 5.80. The van der Waals surface area contributed by atoms with Crippen molar-refractivity contribution in [2.24, 2.45) is 0 Å². The molecule has 0 spiro atoms. The highest BCUT2D eigenvalue weighted by atomic mass is 79.9. The van der Waals surface area contributed by atoms with Crippen LogP contribution < -0.4 is 31.8 Å². The summed E-state index contributed by atoms with van der Waals surface area (Å²) < 4.78 is 14.3. The van der Waals surface area contributed by atoms with Crippen molar-refractivity contribution in [3.63, 3.8) is 0 Å². The van der Waals surface area contributed by atoms with Crippen molar-refractivity contribution >= 4 is 22.6 Å². The van der Waals surface area contributed by atoms with E-state index >= 15 is 0 Å². The normalized spacial score (nSPS) is 11.7. The van der Waals surface area contributed by atoms with Gasteiger partial charge < -0.3 is 31.0 Å². The Morgan fingerprint density at radius 2 is 1.73 bits per heavy atom. The van der Waals surface area contributed by atoms with E-state index in [1.165, 1.54) is 0 Å². The van der Waals surface area contributed by atoms with Gasteiger partial charge >= 0.3 is 5.97 Å². The number of hydrogen-bond donors (Lipinski definition) is 0. The number of nitrogens with zero attached hydrogens (tertiary/aromatic N) is 2. The first kappa shape index (κ1) is 28.2. The maximum atomic E-state index is 12.1. The maximum absolute atomic E-state index is 12.1. The van der Waals surface area contributed by atoms with Crippen LogP contribution in [-0.2, 0) is 16.1 Å². The van der Waals surface area contributed by atoms with E-state index in [4.69, 9.17) is 9.15 Å². The summed E-state index contributed by atoms with van der Waals surface area (Å²) in [6.07, 6.45) is 0. The molecule has 37 heavy (non-hydrogen) atoms. The zero-order valence-electron chi connectivity index (χ0n) is 22.3. The number of carbonyl (C=O) groups is 1. The van der Waals surface area contributed by atoms with Gasteiger partial charge in [-0.3, -0.25) is 0 Å². The number of ether oxygens (including phenoxy) is 1. The van der Waals surface area contributed by atoms with E-state index in [2.05, 4.69) is 86.3 Å². The fourth-order valence-corrected chi connectivity index (χ4v) is 4.52. The largest absolute Gasteiger partial charge is 1.00 e. The zero-order valence-corrected chi connectivity index (χ0v) is 23.9. The lowest BCUT2D eigenvalue weighted by Crippen LogP contribution is -3.00. The minimum atomic E-state index is -0.390. The van der Waals surface area contributed by atoms with E-state index in [1.54, 1.807) is 6.92 Å². The molecule has 2 aromatic rings. The Morgan fingerprint density at radius 1 is 1.00 bits per heavy atom. The van der Waals surface area contributed by atoms with E-state index in [0.717, 1.165) is 69.7 Å². The standard InChI is InChI=1S/C31H35N2O3.BrH/c1-7-32(6)23-14-16-26-28(18-23)36-29-19-24(33(8-2)9-3)15-17-27(29)30(26)25-13-11-10-12-22(25)20-35-31(34)21(4)5;/h10-19H,4,7-9,20H2,1-3,5-6H3;1H/q+1;/p-1. The molecule has 1 heterocycles. The molecule has 0 bridgehead atoms. The number of carbonyl (C=O) groups excluding carboxylic acids is 1. The number of esters is 1. The van der Waals surface area contributed by atoms with Crippen LogP contribution in [0.3, 0.4) is 0 Å². The van der Waals surface area contributed by atoms with Crippen LogP contribution >= 0.6 is 0 Å². The van der Waals surface area contributed by atoms with Crippen molar-refractivity contribution in [3.8, 4) is 22.5 Å². The van der Waals surface area contributed by atoms with Gasteiger partial charge in [-0.15, -0.1) is 0 Å². The average molecular weight is 564 g/mol. The third-order valence-electron chi connectivity index (χ3n) is 6.73. The highest BCUT2D eigenvalue weighted by molar-refractivity contribution is 6.03. The van der Waals surface area contributed by atoms with Gasteiger partial charge in [-0.2, -0.15) is 0 Å². The molecule has 0 N–H and O–H groups in total. The Bertz CT molecular complexity index is 1470. The average Bonchev–Trinajstić information content (AvgIpc) is 2.90. The Hall–Kier alpha value is -3.38. The molecule has 0 atom stereocenters. The number of halogens is 1. The van der Waals surface area contributed by atoms with Crippen molar-refractivity contribution in [1.82, 2.24) is 4.58 Å². The van der Waals surface area contributed by atoms with Gasteiger partial charge in [0.2, 0.25) is 5.36 Å². The molecule has 5 nitrogen and oxygen atoms in total. The second-order valence-electron chi connectivity index (χ2n) is 9.04. The molecule has 1 aliphatic heterocycles. The first-order valence-corrected chi connectivity index (χ1v) is 12.6. The molecule has 0 amide bonds. The molecule has 0 fully saturated rings. The smallest absolute Gasteiger partial charge is 0.333 e. The van der Waals surface area contributed by atoms with Gasteiger partial charge in [0.1, 0.15) is 31.5 Å². The van der Waals surface area contributed by atoms with E-state index in [-0.39, 0.29) is 23.6 Å². The molecule has 194 valence electrons. The van der Waals surface area contributed by atoms with Crippen LogP contribution in [0.15, 0.2) is 77.2 Å². The first-order valence-electron chi connectivity index (χ1n) is 12.6. The topological polar surface area (TPSA) is 45.7 Å². The molecular formula is C31H35BrN2O3. The maximum Gasteiger partial charge on any atom is 0.333 e. The lowest BCUT2D eigenvalue weighted by molar-refractivity contribution is -0.140. The molecule has 0 saturated heterocycles. The van der Waals surface area contributed by atoms with Crippen molar-refractivity contribution in [3.05, 3.63) is 83.7 Å². The van der Waals surface area contributed by atoms with Crippen LogP contribution in [0.4, 0.5) is 5.69 Å². The molecule has 1 aliphatic carbocycles. The van der Waals surface area contributed by atoms with Gasteiger partial charge in [0, 0.05) is 53.0 Å². The van der Waals surface area contributed by atoms with Crippen molar-refractivity contribution < 1.29 is 30.9 Å². The predicted octanol–water partition coefficient (Wildman–Crippen LogP) is 3.10. The van der Waals surface area contributed by atoms with Gasteiger partial charge in [-0.1, -0.05) is 30.8 Å². The lowest BCUT2D eigenvalue weighted by atomic mass is 9.91. The number of fused-ring (bicyclic) bond motifs is 2. The van der Waals surface area contributed by atoms with E-state index in [0.29, 0.717) is 5.57 Å². The molecular weight excluding hydrogens is 528 g/mol. The fraction of sp³-hybridized carbons (Fsp3) is 0.290. The van der Waals surface area contributed by atoms with Crippen LogP contribution in [0.25, 0.3) is 33.4 Å². The number of hydrogen-bond acceptors (Lipinski definition) is 4. The predicted molar refractivity (Wildman–Crippen MR) is 148 cm³/mol. The summed E-state index contributed by atoms with van der Waals surface area (Å²) in [6.45, 7) is 14.7. The molecule has 0 aromatic heterocycles. The third-order valence-corrected chi connectivity index (χ3v) is 6.73. The van der Waals surface area contributed by atoms with Crippen LogP contribution in [0.5, 0.6) is 0 Å². The number of rotatable bonds is 8. The first-order chi connectivity index (χ1) is 17.4. The Labute approximate surface area is 229 Å². The summed E-state index contributed by atoms with van der Waals surface area (Å²) in [5.74, 6) is 0.430. The van der Waals surface area contributed by atoms with Gasteiger partial charge in [0.15, 0.2) is 0 Å². The molecule has 0 saturated carbocycles. The molecule has 4 rings (SSSR count). The quantitative estimate of drug-likeness (QED) is 0.143. The number of benzene rings is 3. The summed E-state index contributed by atoms with van der Waals surface area (Å²) in [4.78, 5) is 14.4. The van der Waals surface area contributed by atoms with Gasteiger partial charge in [0.25, 0.3) is 0 Å². The summed E-state index contributed by atoms with van der Waals surface area (Å²) in [7, 11) is 2.08. The minimum absolute atomic E-state index is 0. The van der Waals surface area contributed by atoms with Gasteiger partial charge in [-0.05, 0) is 57.0 Å².